The third-order valence-corrected chi connectivity index (χ3v) is 3.84. The van der Waals surface area contributed by atoms with E-state index in [4.69, 9.17) is 4.74 Å². The fourth-order valence-corrected chi connectivity index (χ4v) is 2.21. The van der Waals surface area contributed by atoms with E-state index in [1.165, 1.54) is 11.8 Å². The van der Waals surface area contributed by atoms with Crippen LogP contribution in [0.25, 0.3) is 0 Å². The van der Waals surface area contributed by atoms with Gasteiger partial charge in [-0.15, -0.1) is 5.10 Å². The van der Waals surface area contributed by atoms with Crippen LogP contribution < -0.4 is 5.32 Å². The smallest absolute Gasteiger partial charge is 0.312 e. The van der Waals surface area contributed by atoms with Gasteiger partial charge in [0, 0.05) is 11.9 Å². The van der Waals surface area contributed by atoms with E-state index in [1.54, 1.807) is 6.21 Å². The molecule has 1 aromatic rings. The largest absolute Gasteiger partial charge is 0.454 e. The molecule has 0 aliphatic rings. The fourth-order valence-electron chi connectivity index (χ4n) is 1.65. The number of carbonyl (C=O) groups is 1. The molecule has 0 unspecified atom stereocenters. The number of thioether (sulfide) groups is 1. The lowest BCUT2D eigenvalue weighted by molar-refractivity contribution is -0.150. The second-order valence-corrected chi connectivity index (χ2v) is 8.21. The van der Waals surface area contributed by atoms with Crippen LogP contribution in [0.2, 0.25) is 0 Å². The molecule has 0 radical (unpaired) electrons. The number of hydrogen-bond acceptors (Lipinski definition) is 5. The molecule has 0 fully saturated rings. The second-order valence-electron chi connectivity index (χ2n) is 7.30. The molecule has 1 aromatic carbocycles. The minimum Gasteiger partial charge on any atom is -0.454 e. The molecule has 25 heavy (non-hydrogen) atoms. The fraction of sp³-hybridized carbons (Fsp3) is 0.526. The summed E-state index contributed by atoms with van der Waals surface area (Å²) in [5.74, 6) is 0.260. The number of esters is 1. The standard InChI is InChI=1S/C19H29N3O2S/c1-13(2)11-20-22-18(25-12-24-17(23)19(5,6)7)21-16-10-14(3)8-9-15(16)4/h8-11,13H,12H2,1-7H3,(H,21,22)/b20-11+. The predicted molar refractivity (Wildman–Crippen MR) is 108 cm³/mol. The van der Waals surface area contributed by atoms with Crippen LogP contribution in [0.3, 0.4) is 0 Å². The maximum absolute atomic E-state index is 11.9. The summed E-state index contributed by atoms with van der Waals surface area (Å²) in [5.41, 5.74) is 2.71. The van der Waals surface area contributed by atoms with Gasteiger partial charge in [0.25, 0.3) is 0 Å². The van der Waals surface area contributed by atoms with E-state index < -0.39 is 5.41 Å². The van der Waals surface area contributed by atoms with E-state index in [1.807, 2.05) is 48.5 Å². The first kappa shape index (κ1) is 21.2. The van der Waals surface area contributed by atoms with Crippen molar-refractivity contribution in [2.75, 3.05) is 11.3 Å². The van der Waals surface area contributed by atoms with Crippen molar-refractivity contribution in [2.24, 2.45) is 21.5 Å². The Balaban J connectivity index is 2.83. The van der Waals surface area contributed by atoms with Gasteiger partial charge in [0.1, 0.15) is 5.94 Å². The predicted octanol–water partition coefficient (Wildman–Crippen LogP) is 4.99. The summed E-state index contributed by atoms with van der Waals surface area (Å²) < 4.78 is 5.31. The van der Waals surface area contributed by atoms with Crippen LogP contribution in [0, 0.1) is 25.2 Å². The van der Waals surface area contributed by atoms with Gasteiger partial charge in [-0.2, -0.15) is 5.10 Å². The minimum absolute atomic E-state index is 0.185. The lowest BCUT2D eigenvalue weighted by atomic mass is 9.98. The molecular formula is C19H29N3O2S. The van der Waals surface area contributed by atoms with Crippen molar-refractivity contribution in [1.82, 2.24) is 0 Å². The maximum Gasteiger partial charge on any atom is 0.312 e. The van der Waals surface area contributed by atoms with Crippen LogP contribution in [0.4, 0.5) is 5.69 Å². The highest BCUT2D eigenvalue weighted by Crippen LogP contribution is 2.20. The molecular weight excluding hydrogens is 334 g/mol. The zero-order valence-corrected chi connectivity index (χ0v) is 17.0. The first-order chi connectivity index (χ1) is 11.6. The van der Waals surface area contributed by atoms with E-state index in [0.29, 0.717) is 11.1 Å². The molecule has 0 saturated carbocycles. The summed E-state index contributed by atoms with van der Waals surface area (Å²) in [6, 6.07) is 6.17. The van der Waals surface area contributed by atoms with Gasteiger partial charge in [-0.05, 0) is 69.5 Å². The number of rotatable bonds is 5. The molecule has 0 aliphatic carbocycles. The van der Waals surface area contributed by atoms with Crippen molar-refractivity contribution in [1.29, 1.82) is 0 Å². The van der Waals surface area contributed by atoms with Gasteiger partial charge in [0.05, 0.1) is 5.41 Å². The van der Waals surface area contributed by atoms with E-state index in [-0.39, 0.29) is 11.9 Å². The quantitative estimate of drug-likeness (QED) is 0.263. The van der Waals surface area contributed by atoms with Gasteiger partial charge < -0.3 is 10.1 Å². The first-order valence-corrected chi connectivity index (χ1v) is 9.33. The average Bonchev–Trinajstić information content (AvgIpc) is 2.49. The number of nitrogens with one attached hydrogen (secondary N) is 1. The highest BCUT2D eigenvalue weighted by molar-refractivity contribution is 8.14. The van der Waals surface area contributed by atoms with Crippen LogP contribution >= 0.6 is 11.8 Å². The van der Waals surface area contributed by atoms with Crippen molar-refractivity contribution in [3.05, 3.63) is 29.3 Å². The summed E-state index contributed by atoms with van der Waals surface area (Å²) in [7, 11) is 0. The average molecular weight is 364 g/mol. The molecule has 1 rings (SSSR count). The van der Waals surface area contributed by atoms with Gasteiger partial charge in [-0.3, -0.25) is 4.79 Å². The monoisotopic (exact) mass is 363 g/mol. The Labute approximate surface area is 155 Å². The minimum atomic E-state index is -0.520. The second kappa shape index (κ2) is 9.61. The van der Waals surface area contributed by atoms with Crippen molar-refractivity contribution in [3.8, 4) is 0 Å². The Hall–Kier alpha value is -1.82. The Bertz CT molecular complexity index is 647. The number of carbonyl (C=O) groups excluding carboxylic acids is 1. The SMILES string of the molecule is Cc1ccc(C)c(N/C(=N/N=C/C(C)C)SCOC(=O)C(C)(C)C)c1. The van der Waals surface area contributed by atoms with E-state index >= 15 is 0 Å². The number of hydrogen-bond donors (Lipinski definition) is 1. The lowest BCUT2D eigenvalue weighted by Crippen LogP contribution is -2.23. The molecule has 0 atom stereocenters. The maximum atomic E-state index is 11.9. The molecule has 1 N–H and O–H groups in total. The molecule has 0 bridgehead atoms. The Morgan fingerprint density at radius 1 is 1.32 bits per heavy atom. The van der Waals surface area contributed by atoms with Crippen LogP contribution in [-0.4, -0.2) is 23.3 Å². The Kier molecular flexibility index (Phi) is 8.16. The number of ether oxygens (including phenoxy) is 1. The molecule has 6 heteroatoms. The topological polar surface area (TPSA) is 63.1 Å². The molecule has 0 aromatic heterocycles. The molecule has 138 valence electrons. The lowest BCUT2D eigenvalue weighted by Gasteiger charge is -2.17. The number of benzene rings is 1. The molecule has 0 spiro atoms. The molecule has 0 amide bonds. The van der Waals surface area contributed by atoms with E-state index in [0.717, 1.165) is 16.8 Å². The van der Waals surface area contributed by atoms with Crippen LogP contribution in [0.15, 0.2) is 28.4 Å². The zero-order chi connectivity index (χ0) is 19.0. The number of nitrogens with zero attached hydrogens (tertiary/aromatic N) is 2. The normalized spacial score (nSPS) is 12.7. The summed E-state index contributed by atoms with van der Waals surface area (Å²) in [5, 5.41) is 12.2. The summed E-state index contributed by atoms with van der Waals surface area (Å²) in [6.45, 7) is 13.6. The van der Waals surface area contributed by atoms with Gasteiger partial charge in [0.2, 0.25) is 0 Å². The summed E-state index contributed by atoms with van der Waals surface area (Å²) >= 11 is 1.31. The van der Waals surface area contributed by atoms with Crippen molar-refractivity contribution < 1.29 is 9.53 Å². The molecule has 0 saturated heterocycles. The van der Waals surface area contributed by atoms with E-state index in [2.05, 4.69) is 33.7 Å². The number of anilines is 1. The van der Waals surface area contributed by atoms with Gasteiger partial charge in [0.15, 0.2) is 5.17 Å². The highest BCUT2D eigenvalue weighted by Gasteiger charge is 2.23. The number of aryl methyl sites for hydroxylation is 2. The summed E-state index contributed by atoms with van der Waals surface area (Å²) in [4.78, 5) is 11.9. The first-order valence-electron chi connectivity index (χ1n) is 8.35. The Morgan fingerprint density at radius 3 is 2.60 bits per heavy atom. The zero-order valence-electron chi connectivity index (χ0n) is 16.2. The Morgan fingerprint density at radius 2 is 2.00 bits per heavy atom. The molecule has 5 nitrogen and oxygen atoms in total. The van der Waals surface area contributed by atoms with Crippen LogP contribution in [-0.2, 0) is 9.53 Å². The third-order valence-electron chi connectivity index (χ3n) is 3.15. The van der Waals surface area contributed by atoms with Crippen molar-refractivity contribution in [2.45, 2.75) is 48.5 Å². The van der Waals surface area contributed by atoms with Gasteiger partial charge >= 0.3 is 5.97 Å². The summed E-state index contributed by atoms with van der Waals surface area (Å²) in [6.07, 6.45) is 1.77. The van der Waals surface area contributed by atoms with E-state index in [9.17, 15) is 4.79 Å². The van der Waals surface area contributed by atoms with Crippen LogP contribution in [0.5, 0.6) is 0 Å². The van der Waals surface area contributed by atoms with Crippen LogP contribution in [0.1, 0.15) is 45.7 Å². The van der Waals surface area contributed by atoms with Crippen molar-refractivity contribution in [3.63, 3.8) is 0 Å². The third kappa shape index (κ3) is 8.20. The molecule has 0 heterocycles. The van der Waals surface area contributed by atoms with Gasteiger partial charge in [-0.1, -0.05) is 26.0 Å². The van der Waals surface area contributed by atoms with Crippen molar-refractivity contribution >= 4 is 34.8 Å². The number of amidine groups is 1. The highest BCUT2D eigenvalue weighted by atomic mass is 32.2. The molecule has 0 aliphatic heterocycles. The van der Waals surface area contributed by atoms with Gasteiger partial charge in [-0.25, -0.2) is 0 Å².